The predicted molar refractivity (Wildman–Crippen MR) is 97.9 cm³/mol. The van der Waals surface area contributed by atoms with Gasteiger partial charge in [-0.15, -0.1) is 0 Å². The smallest absolute Gasteiger partial charge is 0.268 e. The molecular weight excluding hydrogens is 371 g/mol. The Kier molecular flexibility index (Phi) is 5.25. The molecular formula is C19H18F3N5O. The predicted octanol–water partition coefficient (Wildman–Crippen LogP) is 3.45. The molecule has 2 N–H and O–H groups in total. The van der Waals surface area contributed by atoms with Crippen molar-refractivity contribution < 1.29 is 17.9 Å². The maximum atomic E-state index is 14.4. The van der Waals surface area contributed by atoms with Crippen LogP contribution in [0.1, 0.15) is 24.0 Å². The van der Waals surface area contributed by atoms with Crippen LogP contribution in [0.5, 0.6) is 5.75 Å². The quantitative estimate of drug-likeness (QED) is 0.673. The van der Waals surface area contributed by atoms with Crippen molar-refractivity contribution in [3.05, 3.63) is 53.9 Å². The van der Waals surface area contributed by atoms with Gasteiger partial charge in [-0.25, -0.2) is 13.2 Å². The highest BCUT2D eigenvalue weighted by Gasteiger charge is 2.24. The van der Waals surface area contributed by atoms with Crippen molar-refractivity contribution in [2.45, 2.75) is 25.5 Å². The summed E-state index contributed by atoms with van der Waals surface area (Å²) in [4.78, 5) is 12.1. The molecule has 1 aromatic carbocycles. The largest absolute Gasteiger partial charge is 0.486 e. The lowest BCUT2D eigenvalue weighted by molar-refractivity contribution is 0.139. The summed E-state index contributed by atoms with van der Waals surface area (Å²) < 4.78 is 47.1. The van der Waals surface area contributed by atoms with Gasteiger partial charge >= 0.3 is 0 Å². The van der Waals surface area contributed by atoms with Crippen LogP contribution in [-0.2, 0) is 6.54 Å². The number of nitrogens with zero attached hydrogens (tertiary/aromatic N) is 3. The van der Waals surface area contributed by atoms with Crippen LogP contribution in [0.4, 0.5) is 18.9 Å². The fraction of sp³-hybridized carbons (Fsp3) is 0.316. The molecule has 6 nitrogen and oxygen atoms in total. The Hall–Kier alpha value is -2.94. The molecule has 146 valence electrons. The van der Waals surface area contributed by atoms with E-state index in [0.29, 0.717) is 28.8 Å². The topological polar surface area (TPSA) is 72.0 Å². The second kappa shape index (κ2) is 7.97. The molecule has 3 aromatic rings. The Balaban J connectivity index is 1.60. The molecule has 28 heavy (non-hydrogen) atoms. The Labute approximate surface area is 159 Å². The summed E-state index contributed by atoms with van der Waals surface area (Å²) in [5, 5.41) is 6.11. The molecule has 1 fully saturated rings. The van der Waals surface area contributed by atoms with E-state index in [1.807, 2.05) is 0 Å². The van der Waals surface area contributed by atoms with Gasteiger partial charge in [0.2, 0.25) is 0 Å². The van der Waals surface area contributed by atoms with Gasteiger partial charge in [-0.3, -0.25) is 15.0 Å². The molecule has 0 radical (unpaired) electrons. The van der Waals surface area contributed by atoms with Crippen molar-refractivity contribution in [3.8, 4) is 5.75 Å². The molecule has 4 rings (SSSR count). The van der Waals surface area contributed by atoms with Crippen molar-refractivity contribution >= 4 is 16.7 Å². The van der Waals surface area contributed by atoms with Gasteiger partial charge in [0.1, 0.15) is 11.9 Å². The normalized spacial score (nSPS) is 16.6. The maximum Gasteiger partial charge on any atom is 0.268 e. The lowest BCUT2D eigenvalue weighted by atomic mass is 10.1. The number of anilines is 1. The van der Waals surface area contributed by atoms with E-state index in [2.05, 4.69) is 25.6 Å². The first kappa shape index (κ1) is 18.4. The van der Waals surface area contributed by atoms with E-state index in [-0.39, 0.29) is 24.0 Å². The van der Waals surface area contributed by atoms with Crippen molar-refractivity contribution in [1.29, 1.82) is 0 Å². The molecule has 0 bridgehead atoms. The molecule has 0 spiro atoms. The van der Waals surface area contributed by atoms with Crippen LogP contribution in [0.25, 0.3) is 11.0 Å². The van der Waals surface area contributed by atoms with E-state index in [4.69, 9.17) is 4.74 Å². The molecule has 1 aliphatic rings. The van der Waals surface area contributed by atoms with Gasteiger partial charge in [0.05, 0.1) is 28.5 Å². The number of nitrogens with one attached hydrogen (secondary N) is 2. The Morgan fingerprint density at radius 2 is 1.96 bits per heavy atom. The molecule has 0 amide bonds. The Bertz CT molecular complexity index is 979. The van der Waals surface area contributed by atoms with E-state index >= 15 is 0 Å². The second-order valence-electron chi connectivity index (χ2n) is 6.48. The summed E-state index contributed by atoms with van der Waals surface area (Å²) in [7, 11) is 0. The van der Waals surface area contributed by atoms with Gasteiger partial charge in [0.25, 0.3) is 6.43 Å². The number of halogens is 3. The summed E-state index contributed by atoms with van der Waals surface area (Å²) in [6, 6.07) is 2.88. The Morgan fingerprint density at radius 1 is 1.18 bits per heavy atom. The van der Waals surface area contributed by atoms with Crippen LogP contribution in [-0.4, -0.2) is 34.1 Å². The molecule has 9 heteroatoms. The van der Waals surface area contributed by atoms with Gasteiger partial charge in [-0.2, -0.15) is 0 Å². The van der Waals surface area contributed by atoms with Gasteiger partial charge in [0.15, 0.2) is 5.75 Å². The first-order chi connectivity index (χ1) is 13.6. The van der Waals surface area contributed by atoms with Crippen LogP contribution in [0.15, 0.2) is 36.9 Å². The third-order valence-electron chi connectivity index (χ3n) is 4.57. The van der Waals surface area contributed by atoms with E-state index in [1.165, 1.54) is 24.7 Å². The van der Waals surface area contributed by atoms with Crippen molar-refractivity contribution in [2.24, 2.45) is 0 Å². The highest BCUT2D eigenvalue weighted by Crippen LogP contribution is 2.36. The van der Waals surface area contributed by atoms with Crippen molar-refractivity contribution in [3.63, 3.8) is 0 Å². The molecule has 1 atom stereocenters. The zero-order valence-corrected chi connectivity index (χ0v) is 14.8. The maximum absolute atomic E-state index is 14.4. The van der Waals surface area contributed by atoms with Crippen LogP contribution < -0.4 is 15.4 Å². The van der Waals surface area contributed by atoms with E-state index in [1.54, 1.807) is 6.07 Å². The van der Waals surface area contributed by atoms with E-state index in [9.17, 15) is 13.2 Å². The van der Waals surface area contributed by atoms with Crippen molar-refractivity contribution in [2.75, 3.05) is 18.4 Å². The summed E-state index contributed by atoms with van der Waals surface area (Å²) in [5.41, 5.74) is 1.34. The van der Waals surface area contributed by atoms with Crippen LogP contribution >= 0.6 is 0 Å². The molecule has 0 saturated carbocycles. The third-order valence-corrected chi connectivity index (χ3v) is 4.57. The zero-order chi connectivity index (χ0) is 19.5. The third kappa shape index (κ3) is 3.84. The first-order valence-electron chi connectivity index (χ1n) is 8.88. The minimum atomic E-state index is -2.73. The lowest BCUT2D eigenvalue weighted by Crippen LogP contribution is -2.21. The average molecular weight is 389 g/mol. The number of ether oxygens (including phenoxy) is 1. The number of rotatable bonds is 6. The number of hydrogen-bond donors (Lipinski definition) is 2. The molecule has 0 aliphatic carbocycles. The number of hydrogen-bond acceptors (Lipinski definition) is 6. The number of fused-ring (bicyclic) bond motifs is 1. The fourth-order valence-corrected chi connectivity index (χ4v) is 3.13. The van der Waals surface area contributed by atoms with Gasteiger partial charge in [0, 0.05) is 43.3 Å². The molecule has 3 heterocycles. The molecule has 1 saturated heterocycles. The molecule has 2 aromatic heterocycles. The minimum absolute atomic E-state index is 0.0553. The summed E-state index contributed by atoms with van der Waals surface area (Å²) in [6.07, 6.45) is 3.31. The lowest BCUT2D eigenvalue weighted by Gasteiger charge is -2.20. The molecule has 1 aliphatic heterocycles. The van der Waals surface area contributed by atoms with Crippen LogP contribution in [0.2, 0.25) is 0 Å². The zero-order valence-electron chi connectivity index (χ0n) is 14.8. The number of benzene rings is 1. The van der Waals surface area contributed by atoms with Crippen LogP contribution in [0.3, 0.4) is 0 Å². The summed E-state index contributed by atoms with van der Waals surface area (Å²) in [5.74, 6) is -0.402. The second-order valence-corrected chi connectivity index (χ2v) is 6.48. The highest BCUT2D eigenvalue weighted by atomic mass is 19.3. The first-order valence-corrected chi connectivity index (χ1v) is 8.88. The summed E-state index contributed by atoms with van der Waals surface area (Å²) in [6.45, 7) is 1.42. The number of aromatic nitrogens is 3. The van der Waals surface area contributed by atoms with Crippen LogP contribution in [0, 0.1) is 5.82 Å². The fourth-order valence-electron chi connectivity index (χ4n) is 3.13. The van der Waals surface area contributed by atoms with Gasteiger partial charge in [-0.05, 0) is 19.0 Å². The number of pyridine rings is 1. The highest BCUT2D eigenvalue weighted by molar-refractivity contribution is 5.74. The van der Waals surface area contributed by atoms with Gasteiger partial charge in [-0.1, -0.05) is 0 Å². The Morgan fingerprint density at radius 3 is 2.68 bits per heavy atom. The van der Waals surface area contributed by atoms with E-state index < -0.39 is 12.2 Å². The number of alkyl halides is 2. The SMILES string of the molecule is Fc1cc2nccnc2cc1CNc1cncc(C(F)F)c1OC1CCNC1. The summed E-state index contributed by atoms with van der Waals surface area (Å²) >= 11 is 0. The van der Waals surface area contributed by atoms with Crippen molar-refractivity contribution in [1.82, 2.24) is 20.3 Å². The average Bonchev–Trinajstić information content (AvgIpc) is 3.20. The van der Waals surface area contributed by atoms with E-state index in [0.717, 1.165) is 19.2 Å². The molecule has 1 unspecified atom stereocenters. The monoisotopic (exact) mass is 389 g/mol. The van der Waals surface area contributed by atoms with Gasteiger partial charge < -0.3 is 15.4 Å². The standard InChI is InChI=1S/C19H18F3N5O/c20-14-6-16-15(25-3-4-26-16)5-11(14)7-27-17-10-24-9-13(19(21)22)18(17)28-12-1-2-23-8-12/h3-6,9-10,12,19,23,27H,1-2,7-8H2. The minimum Gasteiger partial charge on any atom is -0.486 e.